The van der Waals surface area contributed by atoms with E-state index in [-0.39, 0.29) is 18.1 Å². The van der Waals surface area contributed by atoms with Gasteiger partial charge in [-0.1, -0.05) is 0 Å². The minimum absolute atomic E-state index is 0.203. The van der Waals surface area contributed by atoms with Crippen LogP contribution < -0.4 is 5.32 Å². The summed E-state index contributed by atoms with van der Waals surface area (Å²) in [5, 5.41) is 3.11. The molecular formula is C15H10FN5OS. The molecule has 0 radical (unpaired) electrons. The lowest BCUT2D eigenvalue weighted by molar-refractivity contribution is 0.0950. The fourth-order valence-electron chi connectivity index (χ4n) is 2.24. The molecule has 0 bridgehead atoms. The molecule has 1 N–H and O–H groups in total. The van der Waals surface area contributed by atoms with Crippen molar-refractivity contribution in [3.8, 4) is 0 Å². The summed E-state index contributed by atoms with van der Waals surface area (Å²) in [5.41, 5.74) is 1.51. The molecule has 4 aromatic rings. The maximum Gasteiger partial charge on any atom is 0.280 e. The Morgan fingerprint density at radius 3 is 3.09 bits per heavy atom. The molecule has 0 atom stereocenters. The number of hydrogen-bond donors (Lipinski definition) is 1. The van der Waals surface area contributed by atoms with Crippen LogP contribution in [0.25, 0.3) is 15.9 Å². The van der Waals surface area contributed by atoms with E-state index in [4.69, 9.17) is 0 Å². The van der Waals surface area contributed by atoms with Crippen molar-refractivity contribution in [1.29, 1.82) is 0 Å². The molecule has 0 unspecified atom stereocenters. The number of imidazole rings is 1. The van der Waals surface area contributed by atoms with Crippen LogP contribution in [0.3, 0.4) is 0 Å². The van der Waals surface area contributed by atoms with E-state index in [9.17, 15) is 9.18 Å². The summed E-state index contributed by atoms with van der Waals surface area (Å²) in [5.74, 6) is -0.688. The molecule has 0 saturated carbocycles. The zero-order chi connectivity index (χ0) is 15.8. The van der Waals surface area contributed by atoms with Gasteiger partial charge in [-0.05, 0) is 18.2 Å². The Morgan fingerprint density at radius 2 is 2.26 bits per heavy atom. The second kappa shape index (κ2) is 5.40. The molecule has 4 heterocycles. The smallest absolute Gasteiger partial charge is 0.280 e. The van der Waals surface area contributed by atoms with Crippen molar-refractivity contribution in [1.82, 2.24) is 24.7 Å². The number of halogens is 1. The summed E-state index contributed by atoms with van der Waals surface area (Å²) in [6.45, 7) is 0.203. The number of carbonyl (C=O) groups is 1. The van der Waals surface area contributed by atoms with Crippen LogP contribution >= 0.6 is 11.3 Å². The van der Waals surface area contributed by atoms with E-state index in [1.807, 2.05) is 6.07 Å². The molecular weight excluding hydrogens is 317 g/mol. The molecule has 6 nitrogen and oxygen atoms in total. The van der Waals surface area contributed by atoms with Gasteiger partial charge < -0.3 is 9.72 Å². The number of pyridine rings is 2. The van der Waals surface area contributed by atoms with Crippen molar-refractivity contribution in [2.24, 2.45) is 0 Å². The van der Waals surface area contributed by atoms with E-state index < -0.39 is 5.82 Å². The maximum absolute atomic E-state index is 13.6. The molecule has 0 saturated heterocycles. The molecule has 0 aliphatic heterocycles. The van der Waals surface area contributed by atoms with E-state index in [2.05, 4.69) is 20.3 Å². The second-order valence-corrected chi connectivity index (χ2v) is 5.89. The minimum atomic E-state index is -0.399. The zero-order valence-electron chi connectivity index (χ0n) is 11.7. The average Bonchev–Trinajstić information content (AvgIpc) is 3.17. The van der Waals surface area contributed by atoms with Crippen molar-refractivity contribution in [3.05, 3.63) is 59.5 Å². The van der Waals surface area contributed by atoms with Crippen LogP contribution in [0.15, 0.2) is 43.0 Å². The first-order chi connectivity index (χ1) is 11.2. The normalized spacial score (nSPS) is 11.2. The monoisotopic (exact) mass is 327 g/mol. The molecule has 0 fully saturated rings. The second-order valence-electron chi connectivity index (χ2n) is 4.86. The Bertz CT molecular complexity index is 992. The summed E-state index contributed by atoms with van der Waals surface area (Å²) >= 11 is 1.30. The highest BCUT2D eigenvalue weighted by Gasteiger charge is 2.13. The Morgan fingerprint density at radius 1 is 1.35 bits per heavy atom. The van der Waals surface area contributed by atoms with Crippen LogP contribution in [0.1, 0.15) is 15.5 Å². The number of rotatable bonds is 3. The number of aromatic nitrogens is 4. The maximum atomic E-state index is 13.6. The lowest BCUT2D eigenvalue weighted by atomic mass is 10.4. The summed E-state index contributed by atoms with van der Waals surface area (Å²) in [6.07, 6.45) is 6.67. The van der Waals surface area contributed by atoms with E-state index in [0.717, 1.165) is 4.70 Å². The SMILES string of the molecule is O=C(NCc1cn2cccc(F)c2n1)c1nc2cnccc2s1. The Hall–Kier alpha value is -2.87. The van der Waals surface area contributed by atoms with Gasteiger partial charge in [0.1, 0.15) is 5.52 Å². The summed E-state index contributed by atoms with van der Waals surface area (Å²) in [4.78, 5) is 24.6. The average molecular weight is 327 g/mol. The molecule has 1 amide bonds. The van der Waals surface area contributed by atoms with Gasteiger partial charge in [0, 0.05) is 18.6 Å². The summed E-state index contributed by atoms with van der Waals surface area (Å²) < 4.78 is 16.1. The number of fused-ring (bicyclic) bond motifs is 2. The number of nitrogens with zero attached hydrogens (tertiary/aromatic N) is 4. The zero-order valence-corrected chi connectivity index (χ0v) is 12.5. The molecule has 0 aliphatic carbocycles. The van der Waals surface area contributed by atoms with Gasteiger partial charge in [0.05, 0.1) is 23.1 Å². The molecule has 8 heteroatoms. The number of hydrogen-bond acceptors (Lipinski definition) is 5. The van der Waals surface area contributed by atoms with Crippen LogP contribution in [0.4, 0.5) is 4.39 Å². The molecule has 23 heavy (non-hydrogen) atoms. The fourth-order valence-corrected chi connectivity index (χ4v) is 3.09. The first-order valence-electron chi connectivity index (χ1n) is 6.81. The van der Waals surface area contributed by atoms with E-state index >= 15 is 0 Å². The third kappa shape index (κ3) is 2.53. The van der Waals surface area contributed by atoms with Gasteiger partial charge in [-0.2, -0.15) is 0 Å². The van der Waals surface area contributed by atoms with E-state index in [1.165, 1.54) is 17.4 Å². The highest BCUT2D eigenvalue weighted by atomic mass is 32.1. The van der Waals surface area contributed by atoms with Crippen LogP contribution in [-0.2, 0) is 6.54 Å². The van der Waals surface area contributed by atoms with Gasteiger partial charge in [-0.15, -0.1) is 11.3 Å². The standard InChI is InChI=1S/C15H10FN5OS/c16-10-2-1-5-21-8-9(19-13(10)21)6-18-14(22)15-20-11-7-17-4-3-12(11)23-15/h1-5,7-8H,6H2,(H,18,22). The van der Waals surface area contributed by atoms with Gasteiger partial charge in [-0.25, -0.2) is 14.4 Å². The third-order valence-electron chi connectivity index (χ3n) is 3.30. The van der Waals surface area contributed by atoms with Crippen molar-refractivity contribution in [3.63, 3.8) is 0 Å². The van der Waals surface area contributed by atoms with Crippen LogP contribution in [0.2, 0.25) is 0 Å². The number of carbonyl (C=O) groups excluding carboxylic acids is 1. The first kappa shape index (κ1) is 13.8. The molecule has 0 spiro atoms. The third-order valence-corrected chi connectivity index (χ3v) is 4.33. The predicted octanol–water partition coefficient (Wildman–Crippen LogP) is 2.41. The quantitative estimate of drug-likeness (QED) is 0.627. The number of nitrogens with one attached hydrogen (secondary N) is 1. The van der Waals surface area contributed by atoms with Gasteiger partial charge in [0.25, 0.3) is 5.91 Å². The van der Waals surface area contributed by atoms with Crippen LogP contribution in [-0.4, -0.2) is 25.3 Å². The Kier molecular flexibility index (Phi) is 3.23. The Labute approximate surface area is 133 Å². The molecule has 0 aromatic carbocycles. The summed E-state index contributed by atoms with van der Waals surface area (Å²) in [7, 11) is 0. The van der Waals surface area contributed by atoms with Crippen molar-refractivity contribution in [2.75, 3.05) is 0 Å². The van der Waals surface area contributed by atoms with Gasteiger partial charge in [0.2, 0.25) is 0 Å². The highest BCUT2D eigenvalue weighted by Crippen LogP contribution is 2.20. The molecule has 0 aliphatic rings. The number of thiazole rings is 1. The topological polar surface area (TPSA) is 72.2 Å². The molecule has 4 rings (SSSR count). The van der Waals surface area contributed by atoms with Crippen molar-refractivity contribution in [2.45, 2.75) is 6.54 Å². The minimum Gasteiger partial charge on any atom is -0.344 e. The summed E-state index contributed by atoms with van der Waals surface area (Å²) in [6, 6.07) is 4.76. The van der Waals surface area contributed by atoms with Crippen LogP contribution in [0, 0.1) is 5.82 Å². The molecule has 114 valence electrons. The van der Waals surface area contributed by atoms with E-state index in [0.29, 0.717) is 16.2 Å². The fraction of sp³-hybridized carbons (Fsp3) is 0.0667. The highest BCUT2D eigenvalue weighted by molar-refractivity contribution is 7.20. The van der Waals surface area contributed by atoms with E-state index in [1.54, 1.807) is 35.3 Å². The van der Waals surface area contributed by atoms with Crippen molar-refractivity contribution < 1.29 is 9.18 Å². The largest absolute Gasteiger partial charge is 0.344 e. The Balaban J connectivity index is 1.53. The van der Waals surface area contributed by atoms with Gasteiger partial charge in [-0.3, -0.25) is 9.78 Å². The number of amides is 1. The van der Waals surface area contributed by atoms with Crippen LogP contribution in [0.5, 0.6) is 0 Å². The van der Waals surface area contributed by atoms with Crippen molar-refractivity contribution >= 4 is 33.1 Å². The lowest BCUT2D eigenvalue weighted by Gasteiger charge is -1.98. The molecule has 4 aromatic heterocycles. The van der Waals surface area contributed by atoms with Gasteiger partial charge >= 0.3 is 0 Å². The van der Waals surface area contributed by atoms with Gasteiger partial charge in [0.15, 0.2) is 16.5 Å². The predicted molar refractivity (Wildman–Crippen MR) is 83.7 cm³/mol. The first-order valence-corrected chi connectivity index (χ1v) is 7.63. The lowest BCUT2D eigenvalue weighted by Crippen LogP contribution is -2.22.